The van der Waals surface area contributed by atoms with Crippen LogP contribution >= 0.6 is 11.6 Å². The fourth-order valence-electron chi connectivity index (χ4n) is 3.40. The fraction of sp³-hybridized carbons (Fsp3) is 0.182. The predicted octanol–water partition coefficient (Wildman–Crippen LogP) is 3.29. The monoisotopic (exact) mass is 451 g/mol. The van der Waals surface area contributed by atoms with Crippen LogP contribution in [0.2, 0.25) is 5.02 Å². The molecule has 9 nitrogen and oxygen atoms in total. The standard InChI is InChI=1S/C22H22ClN7O2/c23-17-6-5-16(27-20(31)7-4-13-2-1-3-15(25)8-13)9-18(17)30-12-14-11-26-19(10-24)28-21(14)29-22(30)32/h1-3,5-6,8-9,11H,4,7,10,12,24-25H2,(H,27,31)(H,26,28,29,32). The minimum atomic E-state index is -0.383. The fourth-order valence-corrected chi connectivity index (χ4v) is 3.62. The number of carbonyl (C=O) groups is 2. The zero-order valence-corrected chi connectivity index (χ0v) is 17.9. The molecule has 1 aliphatic rings. The predicted molar refractivity (Wildman–Crippen MR) is 124 cm³/mol. The first-order chi connectivity index (χ1) is 15.4. The molecule has 0 fully saturated rings. The average molecular weight is 452 g/mol. The molecule has 6 N–H and O–H groups in total. The number of nitrogens with zero attached hydrogens (tertiary/aromatic N) is 3. The molecule has 32 heavy (non-hydrogen) atoms. The summed E-state index contributed by atoms with van der Waals surface area (Å²) in [6.07, 6.45) is 2.49. The molecule has 3 amide bonds. The number of nitrogen functional groups attached to an aromatic ring is 1. The lowest BCUT2D eigenvalue weighted by Crippen LogP contribution is -2.39. The molecule has 0 saturated carbocycles. The second-order valence-corrected chi connectivity index (χ2v) is 7.75. The second-order valence-electron chi connectivity index (χ2n) is 7.34. The van der Waals surface area contributed by atoms with Gasteiger partial charge in [0.15, 0.2) is 0 Å². The Morgan fingerprint density at radius 1 is 1.25 bits per heavy atom. The number of anilines is 4. The van der Waals surface area contributed by atoms with Gasteiger partial charge in [-0.2, -0.15) is 0 Å². The van der Waals surface area contributed by atoms with E-state index in [2.05, 4.69) is 20.6 Å². The number of nitrogens with two attached hydrogens (primary N) is 2. The van der Waals surface area contributed by atoms with E-state index in [1.54, 1.807) is 30.5 Å². The minimum absolute atomic E-state index is 0.156. The molecule has 4 rings (SSSR count). The van der Waals surface area contributed by atoms with E-state index in [0.717, 1.165) is 11.1 Å². The number of nitrogens with one attached hydrogen (secondary N) is 2. The van der Waals surface area contributed by atoms with Gasteiger partial charge in [0.2, 0.25) is 5.91 Å². The Bertz CT molecular complexity index is 1180. The Morgan fingerprint density at radius 2 is 2.09 bits per heavy atom. The molecule has 0 atom stereocenters. The first-order valence-corrected chi connectivity index (χ1v) is 10.4. The Hall–Kier alpha value is -3.69. The number of carbonyl (C=O) groups excluding carboxylic acids is 2. The van der Waals surface area contributed by atoms with E-state index in [-0.39, 0.29) is 25.0 Å². The summed E-state index contributed by atoms with van der Waals surface area (Å²) in [5.41, 5.74) is 14.7. The first-order valence-electron chi connectivity index (χ1n) is 10.00. The topological polar surface area (TPSA) is 139 Å². The normalized spacial score (nSPS) is 12.8. The van der Waals surface area contributed by atoms with Crippen molar-refractivity contribution in [1.82, 2.24) is 9.97 Å². The van der Waals surface area contributed by atoms with Gasteiger partial charge < -0.3 is 16.8 Å². The van der Waals surface area contributed by atoms with E-state index in [4.69, 9.17) is 23.1 Å². The number of aromatic nitrogens is 2. The van der Waals surface area contributed by atoms with Gasteiger partial charge in [-0.25, -0.2) is 14.8 Å². The summed E-state index contributed by atoms with van der Waals surface area (Å²) in [5.74, 6) is 0.721. The third-order valence-electron chi connectivity index (χ3n) is 5.01. The van der Waals surface area contributed by atoms with Crippen LogP contribution in [0.4, 0.5) is 27.7 Å². The Kier molecular flexibility index (Phi) is 6.20. The molecular weight excluding hydrogens is 430 g/mol. The maximum Gasteiger partial charge on any atom is 0.327 e. The molecule has 2 heterocycles. The van der Waals surface area contributed by atoms with Crippen molar-refractivity contribution in [3.63, 3.8) is 0 Å². The van der Waals surface area contributed by atoms with Crippen molar-refractivity contribution in [1.29, 1.82) is 0 Å². The Balaban J connectivity index is 1.47. The Labute approximate surface area is 189 Å². The van der Waals surface area contributed by atoms with Gasteiger partial charge in [-0.15, -0.1) is 0 Å². The number of urea groups is 1. The van der Waals surface area contributed by atoms with Crippen molar-refractivity contribution in [2.75, 3.05) is 21.3 Å². The highest BCUT2D eigenvalue weighted by Crippen LogP contribution is 2.33. The van der Waals surface area contributed by atoms with E-state index < -0.39 is 0 Å². The van der Waals surface area contributed by atoms with Gasteiger partial charge in [-0.3, -0.25) is 15.0 Å². The number of rotatable bonds is 6. The lowest BCUT2D eigenvalue weighted by molar-refractivity contribution is -0.116. The highest BCUT2D eigenvalue weighted by atomic mass is 35.5. The summed E-state index contributed by atoms with van der Waals surface area (Å²) in [5, 5.41) is 5.97. The summed E-state index contributed by atoms with van der Waals surface area (Å²) in [4.78, 5) is 35.0. The molecule has 0 spiro atoms. The quantitative estimate of drug-likeness (QED) is 0.424. The van der Waals surface area contributed by atoms with E-state index in [0.29, 0.717) is 46.6 Å². The number of fused-ring (bicyclic) bond motifs is 1. The number of halogens is 1. The van der Waals surface area contributed by atoms with Crippen LogP contribution in [0.3, 0.4) is 0 Å². The molecule has 10 heteroatoms. The van der Waals surface area contributed by atoms with Crippen LogP contribution in [-0.4, -0.2) is 21.9 Å². The SMILES string of the molecule is NCc1ncc2c(n1)NC(=O)N(c1cc(NC(=O)CCc3cccc(N)c3)ccc1Cl)C2. The largest absolute Gasteiger partial charge is 0.399 e. The van der Waals surface area contributed by atoms with Gasteiger partial charge in [0.1, 0.15) is 11.6 Å². The summed E-state index contributed by atoms with van der Waals surface area (Å²) in [6, 6.07) is 12.1. The van der Waals surface area contributed by atoms with Crippen molar-refractivity contribution in [3.8, 4) is 0 Å². The van der Waals surface area contributed by atoms with Gasteiger partial charge >= 0.3 is 6.03 Å². The summed E-state index contributed by atoms with van der Waals surface area (Å²) < 4.78 is 0. The smallest absolute Gasteiger partial charge is 0.327 e. The molecule has 0 radical (unpaired) electrons. The summed E-state index contributed by atoms with van der Waals surface area (Å²) in [6.45, 7) is 0.413. The maximum atomic E-state index is 12.7. The number of aryl methyl sites for hydroxylation is 1. The zero-order valence-electron chi connectivity index (χ0n) is 17.1. The third-order valence-corrected chi connectivity index (χ3v) is 5.33. The van der Waals surface area contributed by atoms with E-state index in [1.165, 1.54) is 4.90 Å². The molecule has 164 valence electrons. The highest BCUT2D eigenvalue weighted by Gasteiger charge is 2.27. The van der Waals surface area contributed by atoms with Crippen molar-refractivity contribution in [2.45, 2.75) is 25.9 Å². The highest BCUT2D eigenvalue weighted by molar-refractivity contribution is 6.34. The molecule has 1 aliphatic heterocycles. The second kappa shape index (κ2) is 9.21. The summed E-state index contributed by atoms with van der Waals surface area (Å²) >= 11 is 6.37. The Morgan fingerprint density at radius 3 is 2.88 bits per heavy atom. The van der Waals surface area contributed by atoms with Crippen LogP contribution in [0, 0.1) is 0 Å². The molecule has 1 aromatic heterocycles. The number of amides is 3. The van der Waals surface area contributed by atoms with Crippen LogP contribution in [0.1, 0.15) is 23.4 Å². The van der Waals surface area contributed by atoms with Crippen LogP contribution in [0.15, 0.2) is 48.7 Å². The molecular formula is C22H22ClN7O2. The first kappa shape index (κ1) is 21.5. The van der Waals surface area contributed by atoms with Crippen molar-refractivity contribution >= 4 is 46.4 Å². The van der Waals surface area contributed by atoms with Gasteiger partial charge in [-0.05, 0) is 42.3 Å². The average Bonchev–Trinajstić information content (AvgIpc) is 2.78. The van der Waals surface area contributed by atoms with Crippen LogP contribution < -0.4 is 27.0 Å². The van der Waals surface area contributed by atoms with Gasteiger partial charge in [0.05, 0.1) is 23.8 Å². The zero-order chi connectivity index (χ0) is 22.7. The third kappa shape index (κ3) is 4.79. The van der Waals surface area contributed by atoms with Gasteiger partial charge in [-0.1, -0.05) is 23.7 Å². The number of hydrogen-bond donors (Lipinski definition) is 4. The molecule has 0 unspecified atom stereocenters. The molecule has 0 bridgehead atoms. The van der Waals surface area contributed by atoms with E-state index >= 15 is 0 Å². The van der Waals surface area contributed by atoms with Gasteiger partial charge in [0.25, 0.3) is 0 Å². The van der Waals surface area contributed by atoms with Gasteiger partial charge in [0, 0.05) is 29.6 Å². The number of hydrogen-bond acceptors (Lipinski definition) is 6. The summed E-state index contributed by atoms with van der Waals surface area (Å²) in [7, 11) is 0. The number of benzene rings is 2. The van der Waals surface area contributed by atoms with Crippen LogP contribution in [-0.2, 0) is 24.3 Å². The minimum Gasteiger partial charge on any atom is -0.399 e. The van der Waals surface area contributed by atoms with Crippen LogP contribution in [0.5, 0.6) is 0 Å². The lowest BCUT2D eigenvalue weighted by atomic mass is 10.1. The molecule has 2 aromatic carbocycles. The van der Waals surface area contributed by atoms with Crippen LogP contribution in [0.25, 0.3) is 0 Å². The lowest BCUT2D eigenvalue weighted by Gasteiger charge is -2.29. The molecule has 0 aliphatic carbocycles. The van der Waals surface area contributed by atoms with Crippen molar-refractivity contribution in [2.24, 2.45) is 5.73 Å². The molecule has 0 saturated heterocycles. The van der Waals surface area contributed by atoms with E-state index in [9.17, 15) is 9.59 Å². The molecule has 3 aromatic rings. The van der Waals surface area contributed by atoms with Crippen molar-refractivity contribution < 1.29 is 9.59 Å². The van der Waals surface area contributed by atoms with E-state index in [1.807, 2.05) is 18.2 Å². The van der Waals surface area contributed by atoms with Crippen molar-refractivity contribution in [3.05, 3.63) is 70.6 Å². The maximum absolute atomic E-state index is 12.7.